The lowest BCUT2D eigenvalue weighted by Crippen LogP contribution is -2.49. The Bertz CT molecular complexity index is 190. The van der Waals surface area contributed by atoms with E-state index in [0.717, 1.165) is 0 Å². The molecule has 0 amide bonds. The van der Waals surface area contributed by atoms with Crippen LogP contribution in [-0.4, -0.2) is 11.7 Å². The van der Waals surface area contributed by atoms with Crippen molar-refractivity contribution in [3.05, 3.63) is 0 Å². The van der Waals surface area contributed by atoms with E-state index in [0.29, 0.717) is 12.8 Å². The highest BCUT2D eigenvalue weighted by Gasteiger charge is 2.45. The second-order valence-electron chi connectivity index (χ2n) is 4.70. The first kappa shape index (κ1) is 11.8. The first-order valence-corrected chi connectivity index (χ1v) is 5.11. The van der Waals surface area contributed by atoms with Crippen LogP contribution in [0.3, 0.4) is 0 Å². The van der Waals surface area contributed by atoms with Gasteiger partial charge < -0.3 is 5.73 Å². The quantitative estimate of drug-likeness (QED) is 0.705. The van der Waals surface area contributed by atoms with E-state index in [4.69, 9.17) is 5.73 Å². The summed E-state index contributed by atoms with van der Waals surface area (Å²) in [6.07, 6.45) is -2.65. The van der Waals surface area contributed by atoms with Crippen LogP contribution in [0, 0.1) is 11.8 Å². The molecule has 2 N–H and O–H groups in total. The number of nitrogens with two attached hydrogens (primary N) is 1. The summed E-state index contributed by atoms with van der Waals surface area (Å²) >= 11 is 0. The topological polar surface area (TPSA) is 26.0 Å². The highest BCUT2D eigenvalue weighted by Crippen LogP contribution is 2.42. The first-order chi connectivity index (χ1) is 6.26. The van der Waals surface area contributed by atoms with Gasteiger partial charge in [0.15, 0.2) is 0 Å². The van der Waals surface area contributed by atoms with Crippen molar-refractivity contribution in [2.45, 2.75) is 51.2 Å². The molecule has 1 aliphatic carbocycles. The van der Waals surface area contributed by atoms with Gasteiger partial charge in [0, 0.05) is 5.54 Å². The summed E-state index contributed by atoms with van der Waals surface area (Å²) in [5, 5.41) is 0. The molecule has 4 heteroatoms. The van der Waals surface area contributed by atoms with E-state index in [9.17, 15) is 13.2 Å². The van der Waals surface area contributed by atoms with Crippen molar-refractivity contribution >= 4 is 0 Å². The fraction of sp³-hybridized carbons (Fsp3) is 1.00. The molecule has 0 aromatic heterocycles. The Balaban J connectivity index is 2.54. The van der Waals surface area contributed by atoms with Crippen molar-refractivity contribution in [3.8, 4) is 0 Å². The molecular formula is C10H18F3N. The zero-order valence-corrected chi connectivity index (χ0v) is 8.69. The van der Waals surface area contributed by atoms with Gasteiger partial charge in [0.2, 0.25) is 0 Å². The molecule has 0 aliphatic heterocycles. The molecule has 0 spiro atoms. The fourth-order valence-electron chi connectivity index (χ4n) is 2.06. The van der Waals surface area contributed by atoms with E-state index >= 15 is 0 Å². The number of rotatable bonds is 1. The van der Waals surface area contributed by atoms with Crippen LogP contribution < -0.4 is 5.73 Å². The number of hydrogen-bond donors (Lipinski definition) is 1. The SMILES string of the molecule is CC(C)C1(N)CCC(C(F)(F)F)CC1. The van der Waals surface area contributed by atoms with Gasteiger partial charge >= 0.3 is 6.18 Å². The standard InChI is InChI=1S/C10H18F3N/c1-7(2)9(14)5-3-8(4-6-9)10(11,12)13/h7-8H,3-6,14H2,1-2H3. The maximum Gasteiger partial charge on any atom is 0.391 e. The van der Waals surface area contributed by atoms with Gasteiger partial charge in [-0.1, -0.05) is 13.8 Å². The Kier molecular flexibility index (Phi) is 3.14. The first-order valence-electron chi connectivity index (χ1n) is 5.11. The minimum atomic E-state index is -4.03. The van der Waals surface area contributed by atoms with E-state index in [-0.39, 0.29) is 24.3 Å². The summed E-state index contributed by atoms with van der Waals surface area (Å²) in [6.45, 7) is 3.96. The fourth-order valence-corrected chi connectivity index (χ4v) is 2.06. The van der Waals surface area contributed by atoms with E-state index in [1.54, 1.807) is 0 Å². The predicted molar refractivity (Wildman–Crippen MR) is 49.8 cm³/mol. The van der Waals surface area contributed by atoms with Gasteiger partial charge in [0.1, 0.15) is 0 Å². The number of alkyl halides is 3. The van der Waals surface area contributed by atoms with Crippen molar-refractivity contribution in [2.24, 2.45) is 17.6 Å². The highest BCUT2D eigenvalue weighted by molar-refractivity contribution is 4.93. The van der Waals surface area contributed by atoms with Gasteiger partial charge in [-0.05, 0) is 31.6 Å². The molecular weight excluding hydrogens is 191 g/mol. The summed E-state index contributed by atoms with van der Waals surface area (Å²) in [5.74, 6) is -0.866. The molecule has 0 aromatic rings. The number of hydrogen-bond acceptors (Lipinski definition) is 1. The van der Waals surface area contributed by atoms with Crippen LogP contribution in [-0.2, 0) is 0 Å². The molecule has 0 bridgehead atoms. The van der Waals surface area contributed by atoms with E-state index in [2.05, 4.69) is 0 Å². The summed E-state index contributed by atoms with van der Waals surface area (Å²) in [4.78, 5) is 0. The molecule has 1 rings (SSSR count). The van der Waals surface area contributed by atoms with Gasteiger partial charge in [0.25, 0.3) is 0 Å². The molecule has 84 valence electrons. The lowest BCUT2D eigenvalue weighted by molar-refractivity contribution is -0.185. The van der Waals surface area contributed by atoms with Crippen LogP contribution >= 0.6 is 0 Å². The molecule has 0 aromatic carbocycles. The molecule has 14 heavy (non-hydrogen) atoms. The zero-order chi connectivity index (χ0) is 11.0. The van der Waals surface area contributed by atoms with Crippen molar-refractivity contribution in [1.82, 2.24) is 0 Å². The van der Waals surface area contributed by atoms with Crippen molar-refractivity contribution in [2.75, 3.05) is 0 Å². The Hall–Kier alpha value is -0.250. The molecule has 1 fully saturated rings. The van der Waals surface area contributed by atoms with Crippen molar-refractivity contribution in [1.29, 1.82) is 0 Å². The Morgan fingerprint density at radius 1 is 1.21 bits per heavy atom. The van der Waals surface area contributed by atoms with Crippen LogP contribution in [0.1, 0.15) is 39.5 Å². The second kappa shape index (κ2) is 3.72. The Morgan fingerprint density at radius 2 is 1.64 bits per heavy atom. The van der Waals surface area contributed by atoms with Crippen LogP contribution in [0.5, 0.6) is 0 Å². The smallest absolute Gasteiger partial charge is 0.325 e. The third-order valence-electron chi connectivity index (χ3n) is 3.53. The molecule has 0 atom stereocenters. The number of halogens is 3. The second-order valence-corrected chi connectivity index (χ2v) is 4.70. The van der Waals surface area contributed by atoms with Crippen LogP contribution in [0.4, 0.5) is 13.2 Å². The lowest BCUT2D eigenvalue weighted by Gasteiger charge is -2.40. The lowest BCUT2D eigenvalue weighted by atomic mass is 9.71. The monoisotopic (exact) mass is 209 g/mol. The maximum absolute atomic E-state index is 12.4. The summed E-state index contributed by atoms with van der Waals surface area (Å²) in [5.41, 5.74) is 5.67. The summed E-state index contributed by atoms with van der Waals surface area (Å²) < 4.78 is 37.1. The Labute approximate surface area is 82.9 Å². The maximum atomic E-state index is 12.4. The largest absolute Gasteiger partial charge is 0.391 e. The third kappa shape index (κ3) is 2.41. The Morgan fingerprint density at radius 3 is 1.93 bits per heavy atom. The van der Waals surface area contributed by atoms with Crippen LogP contribution in [0.2, 0.25) is 0 Å². The minimum absolute atomic E-state index is 0.193. The molecule has 1 aliphatic rings. The zero-order valence-electron chi connectivity index (χ0n) is 8.69. The minimum Gasteiger partial charge on any atom is -0.325 e. The average Bonchev–Trinajstić information content (AvgIpc) is 2.03. The van der Waals surface area contributed by atoms with E-state index < -0.39 is 12.1 Å². The molecule has 1 saturated carbocycles. The van der Waals surface area contributed by atoms with Crippen molar-refractivity contribution in [3.63, 3.8) is 0 Å². The molecule has 0 radical (unpaired) electrons. The molecule has 0 heterocycles. The highest BCUT2D eigenvalue weighted by atomic mass is 19.4. The van der Waals surface area contributed by atoms with Crippen LogP contribution in [0.15, 0.2) is 0 Å². The van der Waals surface area contributed by atoms with Gasteiger partial charge in [0.05, 0.1) is 5.92 Å². The third-order valence-corrected chi connectivity index (χ3v) is 3.53. The van der Waals surface area contributed by atoms with E-state index in [1.165, 1.54) is 0 Å². The van der Waals surface area contributed by atoms with E-state index in [1.807, 2.05) is 13.8 Å². The molecule has 0 unspecified atom stereocenters. The summed E-state index contributed by atoms with van der Waals surface area (Å²) in [6, 6.07) is 0. The molecule has 0 saturated heterocycles. The van der Waals surface area contributed by atoms with Gasteiger partial charge in [-0.2, -0.15) is 13.2 Å². The predicted octanol–water partition coefficient (Wildman–Crippen LogP) is 3.09. The van der Waals surface area contributed by atoms with Crippen molar-refractivity contribution < 1.29 is 13.2 Å². The normalized spacial score (nSPS) is 34.9. The molecule has 1 nitrogen and oxygen atoms in total. The van der Waals surface area contributed by atoms with Gasteiger partial charge in [-0.3, -0.25) is 0 Å². The average molecular weight is 209 g/mol. The summed E-state index contributed by atoms with van der Waals surface area (Å²) in [7, 11) is 0. The van der Waals surface area contributed by atoms with Gasteiger partial charge in [-0.15, -0.1) is 0 Å². The van der Waals surface area contributed by atoms with Gasteiger partial charge in [-0.25, -0.2) is 0 Å². The van der Waals surface area contributed by atoms with Crippen LogP contribution in [0.25, 0.3) is 0 Å².